The van der Waals surface area contributed by atoms with Crippen molar-refractivity contribution in [2.24, 2.45) is 0 Å². The van der Waals surface area contributed by atoms with Gasteiger partial charge in [0.05, 0.1) is 0 Å². The zero-order valence-electron chi connectivity index (χ0n) is 9.10. The van der Waals surface area contributed by atoms with Crippen LogP contribution < -0.4 is 4.72 Å². The van der Waals surface area contributed by atoms with Gasteiger partial charge >= 0.3 is 0 Å². The van der Waals surface area contributed by atoms with Gasteiger partial charge in [-0.05, 0) is 50.4 Å². The molecule has 0 aliphatic carbocycles. The summed E-state index contributed by atoms with van der Waals surface area (Å²) < 4.78 is 4.57. The highest BCUT2D eigenvalue weighted by Gasteiger charge is 2.12. The Labute approximate surface area is 113 Å². The molecule has 1 nitrogen and oxygen atoms in total. The van der Waals surface area contributed by atoms with Crippen LogP contribution in [0.1, 0.15) is 26.3 Å². The second-order valence-electron chi connectivity index (χ2n) is 4.30. The van der Waals surface area contributed by atoms with Gasteiger partial charge in [0, 0.05) is 20.2 Å². The molecule has 0 heterocycles. The van der Waals surface area contributed by atoms with Crippen molar-refractivity contribution in [3.05, 3.63) is 28.2 Å². The predicted octanol–water partition coefficient (Wildman–Crippen LogP) is 4.74. The second kappa shape index (κ2) is 5.71. The molecule has 1 N–H and O–H groups in total. The largest absolute Gasteiger partial charge is 0.255 e. The number of benzene rings is 1. The minimum atomic E-state index is 0.122. The molecule has 0 bridgehead atoms. The first-order chi connectivity index (χ1) is 6.94. The van der Waals surface area contributed by atoms with E-state index in [1.54, 1.807) is 11.9 Å². The zero-order valence-corrected chi connectivity index (χ0v) is 13.1. The van der Waals surface area contributed by atoms with Gasteiger partial charge in [-0.3, -0.25) is 4.72 Å². The van der Waals surface area contributed by atoms with E-state index < -0.39 is 0 Å². The number of rotatable bonds is 3. The van der Waals surface area contributed by atoms with Crippen molar-refractivity contribution in [2.75, 3.05) is 0 Å². The number of hydrogen-bond donors (Lipinski definition) is 1. The van der Waals surface area contributed by atoms with Crippen LogP contribution in [0.5, 0.6) is 0 Å². The van der Waals surface area contributed by atoms with Crippen LogP contribution in [-0.2, 0) is 5.33 Å². The molecule has 0 aliphatic rings. The molecule has 84 valence electrons. The maximum atomic E-state index is 3.56. The molecule has 0 saturated heterocycles. The lowest BCUT2D eigenvalue weighted by molar-refractivity contribution is 0.535. The Morgan fingerprint density at radius 3 is 2.53 bits per heavy atom. The van der Waals surface area contributed by atoms with Crippen LogP contribution in [0.25, 0.3) is 0 Å². The molecule has 0 spiro atoms. The van der Waals surface area contributed by atoms with Gasteiger partial charge in [-0.25, -0.2) is 0 Å². The van der Waals surface area contributed by atoms with E-state index in [1.807, 2.05) is 0 Å². The third-order valence-corrected chi connectivity index (χ3v) is 4.30. The standard InChI is InChI=1S/C11H15Br2NS/c1-11(2,3)14-15-10-6-4-5-9(13)8(10)7-12/h4-6,14H,7H2,1-3H3. The Morgan fingerprint density at radius 1 is 1.33 bits per heavy atom. The van der Waals surface area contributed by atoms with Gasteiger partial charge in [0.2, 0.25) is 0 Å². The summed E-state index contributed by atoms with van der Waals surface area (Å²) in [5, 5.41) is 0.864. The molecular formula is C11H15Br2NS. The van der Waals surface area contributed by atoms with Crippen LogP contribution in [0, 0.1) is 0 Å². The molecule has 1 aromatic carbocycles. The number of hydrogen-bond acceptors (Lipinski definition) is 2. The maximum Gasteiger partial charge on any atom is 0.0305 e. The van der Waals surface area contributed by atoms with Crippen LogP contribution in [0.4, 0.5) is 0 Å². The number of halogens is 2. The second-order valence-corrected chi connectivity index (χ2v) is 6.57. The quantitative estimate of drug-likeness (QED) is 0.622. The van der Waals surface area contributed by atoms with Crippen LogP contribution in [0.2, 0.25) is 0 Å². The van der Waals surface area contributed by atoms with Crippen molar-refractivity contribution in [3.63, 3.8) is 0 Å². The van der Waals surface area contributed by atoms with Crippen molar-refractivity contribution >= 4 is 43.8 Å². The summed E-state index contributed by atoms with van der Waals surface area (Å²) in [6.45, 7) is 6.48. The lowest BCUT2D eigenvalue weighted by atomic mass is 10.1. The fourth-order valence-electron chi connectivity index (χ4n) is 0.972. The molecule has 0 radical (unpaired) electrons. The molecule has 4 heteroatoms. The first-order valence-corrected chi connectivity index (χ1v) is 7.44. The molecule has 15 heavy (non-hydrogen) atoms. The topological polar surface area (TPSA) is 12.0 Å². The van der Waals surface area contributed by atoms with Gasteiger partial charge < -0.3 is 0 Å². The molecule has 0 atom stereocenters. The number of nitrogens with one attached hydrogen (secondary N) is 1. The average Bonchev–Trinajstić information content (AvgIpc) is 2.13. The highest BCUT2D eigenvalue weighted by atomic mass is 79.9. The van der Waals surface area contributed by atoms with Crippen LogP contribution in [0.15, 0.2) is 27.6 Å². The highest BCUT2D eigenvalue weighted by Crippen LogP contribution is 2.30. The molecule has 0 unspecified atom stereocenters. The Kier molecular flexibility index (Phi) is 5.16. The summed E-state index contributed by atoms with van der Waals surface area (Å²) in [5.41, 5.74) is 1.41. The lowest BCUT2D eigenvalue weighted by Gasteiger charge is -2.20. The molecule has 0 amide bonds. The Morgan fingerprint density at radius 2 is 2.00 bits per heavy atom. The monoisotopic (exact) mass is 351 g/mol. The highest BCUT2D eigenvalue weighted by molar-refractivity contribution is 9.10. The van der Waals surface area contributed by atoms with E-state index in [-0.39, 0.29) is 5.54 Å². The van der Waals surface area contributed by atoms with Crippen molar-refractivity contribution in [1.82, 2.24) is 4.72 Å². The van der Waals surface area contributed by atoms with Crippen LogP contribution >= 0.6 is 43.8 Å². The van der Waals surface area contributed by atoms with Crippen molar-refractivity contribution < 1.29 is 0 Å². The van der Waals surface area contributed by atoms with Crippen LogP contribution in [-0.4, -0.2) is 5.54 Å². The van der Waals surface area contributed by atoms with Crippen molar-refractivity contribution in [3.8, 4) is 0 Å². The summed E-state index contributed by atoms with van der Waals surface area (Å²) in [6.07, 6.45) is 0. The summed E-state index contributed by atoms with van der Waals surface area (Å²) in [5.74, 6) is 0. The van der Waals surface area contributed by atoms with Gasteiger partial charge in [-0.1, -0.05) is 37.9 Å². The minimum absolute atomic E-state index is 0.122. The third-order valence-electron chi connectivity index (χ3n) is 1.68. The first kappa shape index (κ1) is 13.6. The molecule has 0 aliphatic heterocycles. The maximum absolute atomic E-state index is 3.56. The molecule has 1 rings (SSSR count). The Bertz CT molecular complexity index is 334. The lowest BCUT2D eigenvalue weighted by Crippen LogP contribution is -2.29. The van der Waals surface area contributed by atoms with Gasteiger partial charge in [-0.15, -0.1) is 0 Å². The molecular weight excluding hydrogens is 338 g/mol. The smallest absolute Gasteiger partial charge is 0.0305 e. The van der Waals surface area contributed by atoms with E-state index >= 15 is 0 Å². The third kappa shape index (κ3) is 4.47. The van der Waals surface area contributed by atoms with Gasteiger partial charge in [0.15, 0.2) is 0 Å². The molecule has 0 saturated carbocycles. The number of alkyl halides is 1. The van der Waals surface area contributed by atoms with Gasteiger partial charge in [0.25, 0.3) is 0 Å². The summed E-state index contributed by atoms with van der Waals surface area (Å²) >= 11 is 8.75. The summed E-state index contributed by atoms with van der Waals surface area (Å²) in [6, 6.07) is 6.26. The van der Waals surface area contributed by atoms with E-state index in [0.29, 0.717) is 0 Å². The van der Waals surface area contributed by atoms with Crippen molar-refractivity contribution in [2.45, 2.75) is 36.5 Å². The van der Waals surface area contributed by atoms with E-state index in [9.17, 15) is 0 Å². The normalized spacial score (nSPS) is 11.8. The first-order valence-electron chi connectivity index (χ1n) is 4.71. The van der Waals surface area contributed by atoms with E-state index in [2.05, 4.69) is 75.6 Å². The summed E-state index contributed by atoms with van der Waals surface area (Å²) in [7, 11) is 0. The minimum Gasteiger partial charge on any atom is -0.255 e. The van der Waals surface area contributed by atoms with E-state index in [4.69, 9.17) is 0 Å². The molecule has 0 aromatic heterocycles. The Balaban J connectivity index is 2.81. The van der Waals surface area contributed by atoms with Gasteiger partial charge in [-0.2, -0.15) is 0 Å². The predicted molar refractivity (Wildman–Crippen MR) is 75.5 cm³/mol. The molecule has 0 fully saturated rings. The van der Waals surface area contributed by atoms with Crippen molar-refractivity contribution in [1.29, 1.82) is 0 Å². The SMILES string of the molecule is CC(C)(C)NSc1cccc(Br)c1CBr. The van der Waals surface area contributed by atoms with Crippen LogP contribution in [0.3, 0.4) is 0 Å². The fraction of sp³-hybridized carbons (Fsp3) is 0.455. The van der Waals surface area contributed by atoms with Gasteiger partial charge in [0.1, 0.15) is 0 Å². The fourth-order valence-corrected chi connectivity index (χ4v) is 3.64. The van der Waals surface area contributed by atoms with E-state index in [0.717, 1.165) is 9.80 Å². The van der Waals surface area contributed by atoms with E-state index in [1.165, 1.54) is 10.5 Å². The average molecular weight is 353 g/mol. The summed E-state index contributed by atoms with van der Waals surface area (Å²) in [4.78, 5) is 1.26. The molecule has 1 aromatic rings. The Hall–Kier alpha value is 0.490. The zero-order chi connectivity index (χ0) is 11.5.